The predicted octanol–water partition coefficient (Wildman–Crippen LogP) is 1.19. The van der Waals surface area contributed by atoms with Crippen molar-refractivity contribution in [2.75, 3.05) is 7.11 Å². The highest BCUT2D eigenvalue weighted by Gasteiger charge is 2.18. The van der Waals surface area contributed by atoms with E-state index in [0.29, 0.717) is 0 Å². The second-order valence-electron chi connectivity index (χ2n) is 2.42. The number of ether oxygens (including phenoxy) is 1. The maximum atomic E-state index is 13.1. The molecule has 0 heterocycles. The largest absolute Gasteiger partial charge is 0.505 e. The van der Waals surface area contributed by atoms with Gasteiger partial charge in [-0.05, 0) is 12.1 Å². The van der Waals surface area contributed by atoms with Crippen molar-refractivity contribution in [3.8, 4) is 11.8 Å². The fraction of sp³-hybridized carbons (Fsp3) is 0.111. The number of methoxy groups -OCH3 is 1. The Morgan fingerprint density at radius 2 is 2.29 bits per heavy atom. The standard InChI is InChI=1S/C9H6FNO3/c1-14-9(13)5-2-3-7(12)8(10)6(5)4-11/h2-3,12H,1H3. The summed E-state index contributed by atoms with van der Waals surface area (Å²) in [6.45, 7) is 0. The van der Waals surface area contributed by atoms with Gasteiger partial charge < -0.3 is 9.84 Å². The first-order valence-corrected chi connectivity index (χ1v) is 3.61. The van der Waals surface area contributed by atoms with Crippen LogP contribution in [0.25, 0.3) is 0 Å². The molecule has 1 rings (SSSR count). The molecule has 0 bridgehead atoms. The van der Waals surface area contributed by atoms with E-state index in [1.54, 1.807) is 0 Å². The minimum Gasteiger partial charge on any atom is -0.505 e. The molecule has 1 aromatic rings. The van der Waals surface area contributed by atoms with Crippen molar-refractivity contribution in [1.29, 1.82) is 5.26 Å². The average Bonchev–Trinajstić information content (AvgIpc) is 2.20. The van der Waals surface area contributed by atoms with Crippen molar-refractivity contribution in [1.82, 2.24) is 0 Å². The van der Waals surface area contributed by atoms with Gasteiger partial charge in [0.05, 0.1) is 12.7 Å². The SMILES string of the molecule is COC(=O)c1ccc(O)c(F)c1C#N. The van der Waals surface area contributed by atoms with Crippen molar-refractivity contribution >= 4 is 5.97 Å². The zero-order valence-electron chi connectivity index (χ0n) is 7.24. The maximum absolute atomic E-state index is 13.1. The smallest absolute Gasteiger partial charge is 0.339 e. The molecular weight excluding hydrogens is 189 g/mol. The third-order valence-corrected chi connectivity index (χ3v) is 1.64. The molecule has 0 fully saturated rings. The Morgan fingerprint density at radius 3 is 2.79 bits per heavy atom. The van der Waals surface area contributed by atoms with Gasteiger partial charge in [0.2, 0.25) is 0 Å². The molecule has 0 saturated heterocycles. The molecule has 0 aliphatic carbocycles. The van der Waals surface area contributed by atoms with Crippen LogP contribution in [0.5, 0.6) is 5.75 Å². The number of carbonyl (C=O) groups is 1. The average molecular weight is 195 g/mol. The number of nitrogens with zero attached hydrogens (tertiary/aromatic N) is 1. The van der Waals surface area contributed by atoms with Crippen molar-refractivity contribution < 1.29 is 19.0 Å². The summed E-state index contributed by atoms with van der Waals surface area (Å²) in [6.07, 6.45) is 0. The van der Waals surface area contributed by atoms with Gasteiger partial charge in [-0.1, -0.05) is 0 Å². The van der Waals surface area contributed by atoms with Crippen LogP contribution in [0.2, 0.25) is 0 Å². The molecule has 72 valence electrons. The van der Waals surface area contributed by atoms with Crippen LogP contribution in [0.15, 0.2) is 12.1 Å². The summed E-state index contributed by atoms with van der Waals surface area (Å²) in [4.78, 5) is 11.0. The van der Waals surface area contributed by atoms with E-state index in [0.717, 1.165) is 19.2 Å². The number of rotatable bonds is 1. The van der Waals surface area contributed by atoms with Gasteiger partial charge in [0.15, 0.2) is 11.6 Å². The Hall–Kier alpha value is -2.09. The molecule has 14 heavy (non-hydrogen) atoms. The molecule has 4 nitrogen and oxygen atoms in total. The Bertz CT molecular complexity index is 423. The first-order chi connectivity index (χ1) is 6.61. The Balaban J connectivity index is 3.40. The van der Waals surface area contributed by atoms with Crippen molar-refractivity contribution in [3.63, 3.8) is 0 Å². The number of benzene rings is 1. The molecule has 5 heteroatoms. The molecule has 1 aromatic carbocycles. The van der Waals surface area contributed by atoms with E-state index in [-0.39, 0.29) is 5.56 Å². The summed E-state index contributed by atoms with van der Waals surface area (Å²) in [7, 11) is 1.12. The van der Waals surface area contributed by atoms with Crippen molar-refractivity contribution in [2.45, 2.75) is 0 Å². The lowest BCUT2D eigenvalue weighted by Gasteiger charge is -2.03. The van der Waals surface area contributed by atoms with E-state index in [1.165, 1.54) is 6.07 Å². The minimum absolute atomic E-state index is 0.203. The van der Waals surface area contributed by atoms with E-state index >= 15 is 0 Å². The fourth-order valence-electron chi connectivity index (χ4n) is 0.954. The molecule has 0 amide bonds. The summed E-state index contributed by atoms with van der Waals surface area (Å²) in [5, 5.41) is 17.5. The maximum Gasteiger partial charge on any atom is 0.339 e. The molecular formula is C9H6FNO3. The first-order valence-electron chi connectivity index (χ1n) is 3.61. The van der Waals surface area contributed by atoms with Crippen LogP contribution in [-0.4, -0.2) is 18.2 Å². The number of phenols is 1. The molecule has 0 radical (unpaired) electrons. The van der Waals surface area contributed by atoms with E-state index in [9.17, 15) is 9.18 Å². The summed E-state index contributed by atoms with van der Waals surface area (Å²) in [5.74, 6) is -2.61. The van der Waals surface area contributed by atoms with Gasteiger partial charge in [0.1, 0.15) is 11.6 Å². The topological polar surface area (TPSA) is 70.3 Å². The second-order valence-corrected chi connectivity index (χ2v) is 2.42. The number of phenolic OH excluding ortho intramolecular Hbond substituents is 1. The third-order valence-electron chi connectivity index (χ3n) is 1.64. The highest BCUT2D eigenvalue weighted by molar-refractivity contribution is 5.92. The lowest BCUT2D eigenvalue weighted by Crippen LogP contribution is -2.05. The number of halogens is 1. The molecule has 0 unspecified atom stereocenters. The minimum atomic E-state index is -1.12. The quantitative estimate of drug-likeness (QED) is 0.683. The van der Waals surface area contributed by atoms with Crippen LogP contribution in [0, 0.1) is 17.1 Å². The lowest BCUT2D eigenvalue weighted by atomic mass is 10.1. The monoisotopic (exact) mass is 195 g/mol. The lowest BCUT2D eigenvalue weighted by molar-refractivity contribution is 0.0599. The number of esters is 1. The normalized spacial score (nSPS) is 9.21. The number of hydrogen-bond donors (Lipinski definition) is 1. The van der Waals surface area contributed by atoms with Crippen molar-refractivity contribution in [2.24, 2.45) is 0 Å². The van der Waals surface area contributed by atoms with Crippen molar-refractivity contribution in [3.05, 3.63) is 29.1 Å². The summed E-state index contributed by atoms with van der Waals surface area (Å²) in [5.41, 5.74) is -0.720. The van der Waals surface area contributed by atoms with Gasteiger partial charge in [-0.25, -0.2) is 9.18 Å². The number of nitriles is 1. The van der Waals surface area contributed by atoms with Crippen LogP contribution in [0.3, 0.4) is 0 Å². The van der Waals surface area contributed by atoms with Gasteiger partial charge in [-0.3, -0.25) is 0 Å². The first kappa shape index (κ1) is 9.99. The van der Waals surface area contributed by atoms with Gasteiger partial charge in [0, 0.05) is 0 Å². The molecule has 0 aliphatic heterocycles. The number of hydrogen-bond acceptors (Lipinski definition) is 4. The highest BCUT2D eigenvalue weighted by Crippen LogP contribution is 2.22. The van der Waals surface area contributed by atoms with E-state index in [2.05, 4.69) is 4.74 Å². The third kappa shape index (κ3) is 1.50. The van der Waals surface area contributed by atoms with Crippen LogP contribution >= 0.6 is 0 Å². The van der Waals surface area contributed by atoms with Crippen LogP contribution in [-0.2, 0) is 4.74 Å². The van der Waals surface area contributed by atoms with E-state index in [4.69, 9.17) is 10.4 Å². The molecule has 1 N–H and O–H groups in total. The van der Waals surface area contributed by atoms with Gasteiger partial charge in [-0.2, -0.15) is 5.26 Å². The van der Waals surface area contributed by atoms with E-state index < -0.39 is 23.1 Å². The Morgan fingerprint density at radius 1 is 1.64 bits per heavy atom. The molecule has 0 spiro atoms. The summed E-state index contributed by atoms with van der Waals surface area (Å²) >= 11 is 0. The fourth-order valence-corrected chi connectivity index (χ4v) is 0.954. The zero-order chi connectivity index (χ0) is 10.7. The van der Waals surface area contributed by atoms with E-state index in [1.807, 2.05) is 0 Å². The molecule has 0 saturated carbocycles. The molecule has 0 aliphatic rings. The van der Waals surface area contributed by atoms with Gasteiger partial charge in [0.25, 0.3) is 0 Å². The predicted molar refractivity (Wildman–Crippen MR) is 44.1 cm³/mol. The van der Waals surface area contributed by atoms with Crippen LogP contribution < -0.4 is 0 Å². The Kier molecular flexibility index (Phi) is 2.67. The number of aromatic hydroxyl groups is 1. The Labute approximate surface area is 79.2 Å². The second kappa shape index (κ2) is 3.75. The molecule has 0 atom stereocenters. The zero-order valence-corrected chi connectivity index (χ0v) is 7.24. The highest BCUT2D eigenvalue weighted by atomic mass is 19.1. The number of carbonyl (C=O) groups excluding carboxylic acids is 1. The van der Waals surface area contributed by atoms with Crippen LogP contribution in [0.1, 0.15) is 15.9 Å². The van der Waals surface area contributed by atoms with Gasteiger partial charge in [-0.15, -0.1) is 0 Å². The summed E-state index contributed by atoms with van der Waals surface area (Å²) < 4.78 is 17.4. The summed E-state index contributed by atoms with van der Waals surface area (Å²) in [6, 6.07) is 3.60. The van der Waals surface area contributed by atoms with Crippen LogP contribution in [0.4, 0.5) is 4.39 Å². The van der Waals surface area contributed by atoms with Gasteiger partial charge >= 0.3 is 5.97 Å². The molecule has 0 aromatic heterocycles.